The molecule has 0 aliphatic heterocycles. The summed E-state index contributed by atoms with van der Waals surface area (Å²) in [6.07, 6.45) is -4.37. The number of hydrogen-bond acceptors (Lipinski definition) is 3. The lowest BCUT2D eigenvalue weighted by atomic mass is 10.1. The van der Waals surface area contributed by atoms with E-state index in [4.69, 9.17) is 16.7 Å². The molecule has 0 aliphatic rings. The number of hydrazone groups is 1. The second-order valence-electron chi connectivity index (χ2n) is 3.16. The van der Waals surface area contributed by atoms with Crippen molar-refractivity contribution in [3.8, 4) is 0 Å². The number of hydrogen-bond donors (Lipinski definition) is 2. The van der Waals surface area contributed by atoms with Crippen LogP contribution in [0, 0.1) is 0 Å². The maximum absolute atomic E-state index is 12.6. The summed E-state index contributed by atoms with van der Waals surface area (Å²) in [7, 11) is 0. The van der Waals surface area contributed by atoms with Gasteiger partial charge >= 0.3 is 6.18 Å². The first-order chi connectivity index (χ1) is 8.40. The summed E-state index contributed by atoms with van der Waals surface area (Å²) in [5, 5.41) is 11.9. The summed E-state index contributed by atoms with van der Waals surface area (Å²) in [5.74, 6) is 0. The number of nitrogens with zero attached hydrogens (tertiary/aromatic N) is 1. The van der Waals surface area contributed by atoms with Crippen LogP contribution in [-0.2, 0) is 11.0 Å². The predicted octanol–water partition coefficient (Wildman–Crippen LogP) is 1.80. The molecule has 0 unspecified atom stereocenters. The summed E-state index contributed by atoms with van der Waals surface area (Å²) in [6, 6.07) is 3.06. The van der Waals surface area contributed by atoms with Crippen molar-refractivity contribution in [2.24, 2.45) is 5.10 Å². The normalized spacial score (nSPS) is 12.4. The number of aliphatic hydroxyl groups is 1. The average molecular weight is 281 g/mol. The van der Waals surface area contributed by atoms with Crippen LogP contribution in [0.2, 0.25) is 5.02 Å². The largest absolute Gasteiger partial charge is 0.417 e. The third-order valence-electron chi connectivity index (χ3n) is 2.01. The predicted molar refractivity (Wildman–Crippen MR) is 59.3 cm³/mol. The molecule has 0 bridgehead atoms. The van der Waals surface area contributed by atoms with E-state index >= 15 is 0 Å². The Morgan fingerprint density at radius 2 is 2.17 bits per heavy atom. The van der Waals surface area contributed by atoms with Crippen LogP contribution in [-0.4, -0.2) is 23.8 Å². The highest BCUT2D eigenvalue weighted by molar-refractivity contribution is 6.31. The SMILES string of the molecule is O=CN/N=C(/CO)c1ccc(Cl)c(C(F)(F)F)c1. The maximum Gasteiger partial charge on any atom is 0.417 e. The minimum absolute atomic E-state index is 0.0172. The van der Waals surface area contributed by atoms with E-state index < -0.39 is 23.4 Å². The maximum atomic E-state index is 12.6. The summed E-state index contributed by atoms with van der Waals surface area (Å²) in [5.41, 5.74) is 0.780. The van der Waals surface area contributed by atoms with Gasteiger partial charge in [-0.25, -0.2) is 5.43 Å². The monoisotopic (exact) mass is 280 g/mol. The Kier molecular flexibility index (Phi) is 4.69. The fourth-order valence-corrected chi connectivity index (χ4v) is 1.44. The number of alkyl halides is 3. The molecule has 0 radical (unpaired) electrons. The highest BCUT2D eigenvalue weighted by Gasteiger charge is 2.33. The van der Waals surface area contributed by atoms with Crippen LogP contribution in [0.4, 0.5) is 13.2 Å². The Hall–Kier alpha value is -1.60. The molecule has 18 heavy (non-hydrogen) atoms. The Labute approximate surface area is 105 Å². The van der Waals surface area contributed by atoms with Crippen molar-refractivity contribution in [2.45, 2.75) is 6.18 Å². The molecular weight excluding hydrogens is 273 g/mol. The van der Waals surface area contributed by atoms with Crippen molar-refractivity contribution < 1.29 is 23.1 Å². The molecule has 0 saturated heterocycles. The summed E-state index contributed by atoms with van der Waals surface area (Å²) >= 11 is 5.44. The minimum atomic E-state index is -4.61. The van der Waals surface area contributed by atoms with E-state index in [1.165, 1.54) is 6.07 Å². The number of carbonyl (C=O) groups excluding carboxylic acids is 1. The molecule has 4 nitrogen and oxygen atoms in total. The first kappa shape index (κ1) is 14.5. The van der Waals surface area contributed by atoms with Gasteiger partial charge in [0.1, 0.15) is 0 Å². The van der Waals surface area contributed by atoms with E-state index in [1.807, 2.05) is 5.43 Å². The van der Waals surface area contributed by atoms with E-state index in [2.05, 4.69) is 5.10 Å². The van der Waals surface area contributed by atoms with Crippen LogP contribution in [0.5, 0.6) is 0 Å². The molecule has 0 atom stereocenters. The highest BCUT2D eigenvalue weighted by Crippen LogP contribution is 2.35. The molecule has 98 valence electrons. The molecule has 1 amide bonds. The fourth-order valence-electron chi connectivity index (χ4n) is 1.22. The van der Waals surface area contributed by atoms with Crippen molar-refractivity contribution in [3.63, 3.8) is 0 Å². The van der Waals surface area contributed by atoms with Gasteiger partial charge in [-0.15, -0.1) is 0 Å². The quantitative estimate of drug-likeness (QED) is 0.502. The molecule has 0 fully saturated rings. The number of carbonyl (C=O) groups is 1. The zero-order valence-electron chi connectivity index (χ0n) is 8.83. The number of halogens is 4. The molecule has 8 heteroatoms. The first-order valence-corrected chi connectivity index (χ1v) is 5.01. The van der Waals surface area contributed by atoms with E-state index in [9.17, 15) is 18.0 Å². The van der Waals surface area contributed by atoms with Crippen LogP contribution in [0.1, 0.15) is 11.1 Å². The average Bonchev–Trinajstić information content (AvgIpc) is 2.30. The molecule has 1 aromatic rings. The first-order valence-electron chi connectivity index (χ1n) is 4.64. The van der Waals surface area contributed by atoms with Crippen LogP contribution in [0.25, 0.3) is 0 Å². The number of benzene rings is 1. The highest BCUT2D eigenvalue weighted by atomic mass is 35.5. The van der Waals surface area contributed by atoms with Crippen molar-refractivity contribution in [1.82, 2.24) is 5.43 Å². The summed E-state index contributed by atoms with van der Waals surface area (Å²) in [6.45, 7) is -0.625. The van der Waals surface area contributed by atoms with Gasteiger partial charge in [-0.2, -0.15) is 18.3 Å². The zero-order valence-corrected chi connectivity index (χ0v) is 9.59. The van der Waals surface area contributed by atoms with E-state index in [1.54, 1.807) is 0 Å². The number of nitrogens with one attached hydrogen (secondary N) is 1. The molecule has 2 N–H and O–H groups in total. The van der Waals surface area contributed by atoms with E-state index in [0.717, 1.165) is 12.1 Å². The Balaban J connectivity index is 3.22. The molecule has 1 aromatic carbocycles. The number of aliphatic hydroxyl groups excluding tert-OH is 1. The summed E-state index contributed by atoms with van der Waals surface area (Å²) in [4.78, 5) is 10.0. The number of amides is 1. The van der Waals surface area contributed by atoms with Gasteiger partial charge in [-0.1, -0.05) is 17.7 Å². The second-order valence-corrected chi connectivity index (χ2v) is 3.56. The smallest absolute Gasteiger partial charge is 0.390 e. The van der Waals surface area contributed by atoms with E-state index in [0.29, 0.717) is 0 Å². The molecular formula is C10H8ClF3N2O2. The molecule has 1 rings (SSSR count). The molecule has 0 spiro atoms. The third kappa shape index (κ3) is 3.44. The van der Waals surface area contributed by atoms with Gasteiger partial charge in [-0.05, 0) is 12.1 Å². The van der Waals surface area contributed by atoms with Gasteiger partial charge in [0.05, 0.1) is 22.9 Å². The van der Waals surface area contributed by atoms with Crippen molar-refractivity contribution in [3.05, 3.63) is 34.3 Å². The van der Waals surface area contributed by atoms with Gasteiger partial charge in [0, 0.05) is 5.56 Å². The fraction of sp³-hybridized carbons (Fsp3) is 0.200. The van der Waals surface area contributed by atoms with Crippen molar-refractivity contribution >= 4 is 23.7 Å². The lowest BCUT2D eigenvalue weighted by Crippen LogP contribution is -2.15. The van der Waals surface area contributed by atoms with Gasteiger partial charge < -0.3 is 5.11 Å². The van der Waals surface area contributed by atoms with Crippen molar-refractivity contribution in [2.75, 3.05) is 6.61 Å². The van der Waals surface area contributed by atoms with Gasteiger partial charge in [0.15, 0.2) is 0 Å². The number of rotatable bonds is 4. The molecule has 0 aromatic heterocycles. The summed E-state index contributed by atoms with van der Waals surface area (Å²) < 4.78 is 37.8. The Bertz CT molecular complexity index is 475. The lowest BCUT2D eigenvalue weighted by molar-refractivity contribution is -0.137. The topological polar surface area (TPSA) is 61.7 Å². The standard InChI is InChI=1S/C10H8ClF3N2O2/c11-8-2-1-6(3-7(8)10(12,13)14)9(4-17)16-15-5-18/h1-3,5,17H,4H2,(H,15,18)/b16-9-. The molecule has 0 saturated carbocycles. The molecule has 0 heterocycles. The van der Waals surface area contributed by atoms with Crippen LogP contribution in [0.3, 0.4) is 0 Å². The van der Waals surface area contributed by atoms with Gasteiger partial charge in [0.2, 0.25) is 6.41 Å². The van der Waals surface area contributed by atoms with Gasteiger partial charge in [-0.3, -0.25) is 4.79 Å². The van der Waals surface area contributed by atoms with E-state index in [-0.39, 0.29) is 17.7 Å². The van der Waals surface area contributed by atoms with Gasteiger partial charge in [0.25, 0.3) is 0 Å². The zero-order chi connectivity index (χ0) is 13.8. The Morgan fingerprint density at radius 1 is 1.50 bits per heavy atom. The van der Waals surface area contributed by atoms with Crippen LogP contribution >= 0.6 is 11.6 Å². The minimum Gasteiger partial charge on any atom is -0.390 e. The van der Waals surface area contributed by atoms with Crippen LogP contribution < -0.4 is 5.43 Å². The lowest BCUT2D eigenvalue weighted by Gasteiger charge is -2.11. The third-order valence-corrected chi connectivity index (χ3v) is 2.34. The molecule has 0 aliphatic carbocycles. The second kappa shape index (κ2) is 5.83. The van der Waals surface area contributed by atoms with Crippen LogP contribution in [0.15, 0.2) is 23.3 Å². The van der Waals surface area contributed by atoms with Crippen molar-refractivity contribution in [1.29, 1.82) is 0 Å². The Morgan fingerprint density at radius 3 is 2.67 bits per heavy atom.